The van der Waals surface area contributed by atoms with Gasteiger partial charge in [-0.25, -0.2) is 0 Å². The van der Waals surface area contributed by atoms with Crippen molar-refractivity contribution in [3.05, 3.63) is 58.6 Å². The van der Waals surface area contributed by atoms with Crippen LogP contribution >= 0.6 is 15.9 Å². The van der Waals surface area contributed by atoms with E-state index in [-0.39, 0.29) is 0 Å². The van der Waals surface area contributed by atoms with Crippen molar-refractivity contribution >= 4 is 21.6 Å². The molecule has 0 saturated heterocycles. The van der Waals surface area contributed by atoms with Gasteiger partial charge in [0.15, 0.2) is 0 Å². The molecule has 0 radical (unpaired) electrons. The summed E-state index contributed by atoms with van der Waals surface area (Å²) in [5, 5.41) is 3.50. The molecule has 0 fully saturated rings. The third-order valence-electron chi connectivity index (χ3n) is 2.95. The Morgan fingerprint density at radius 3 is 2.53 bits per heavy atom. The van der Waals surface area contributed by atoms with Crippen LogP contribution in [0.4, 0.5) is 5.69 Å². The third-order valence-corrected chi connectivity index (χ3v) is 3.57. The highest BCUT2D eigenvalue weighted by Crippen LogP contribution is 2.28. The van der Waals surface area contributed by atoms with Crippen molar-refractivity contribution in [1.82, 2.24) is 0 Å². The molecule has 0 aliphatic carbocycles. The number of nitrogens with one attached hydrogen (secondary N) is 1. The largest absolute Gasteiger partial charge is 0.496 e. The van der Waals surface area contributed by atoms with Crippen molar-refractivity contribution in [2.24, 2.45) is 0 Å². The lowest BCUT2D eigenvalue weighted by Gasteiger charge is -2.16. The van der Waals surface area contributed by atoms with Crippen molar-refractivity contribution in [2.75, 3.05) is 12.4 Å². The average Bonchev–Trinajstić information content (AvgIpc) is 2.40. The average molecular weight is 320 g/mol. The predicted molar refractivity (Wildman–Crippen MR) is 83.9 cm³/mol. The number of hydrogen-bond donors (Lipinski definition) is 1. The topological polar surface area (TPSA) is 21.3 Å². The molecule has 1 N–H and O–H groups in total. The summed E-state index contributed by atoms with van der Waals surface area (Å²) in [5.74, 6) is 0.848. The first-order chi connectivity index (χ1) is 9.19. The summed E-state index contributed by atoms with van der Waals surface area (Å²) in [7, 11) is 1.67. The Morgan fingerprint density at radius 1 is 1.16 bits per heavy atom. The lowest BCUT2D eigenvalue weighted by atomic mass is 10.1. The molecule has 2 aromatic rings. The molecule has 100 valence electrons. The van der Waals surface area contributed by atoms with E-state index >= 15 is 0 Å². The Bertz CT molecular complexity index is 528. The van der Waals surface area contributed by atoms with Crippen molar-refractivity contribution in [3.63, 3.8) is 0 Å². The molecule has 0 spiro atoms. The number of rotatable bonds is 5. The fourth-order valence-corrected chi connectivity index (χ4v) is 2.60. The van der Waals surface area contributed by atoms with Gasteiger partial charge in [-0.3, -0.25) is 0 Å². The van der Waals surface area contributed by atoms with E-state index in [1.165, 1.54) is 5.56 Å². The Morgan fingerprint density at radius 2 is 1.89 bits per heavy atom. The van der Waals surface area contributed by atoms with E-state index in [1.54, 1.807) is 7.11 Å². The minimum Gasteiger partial charge on any atom is -0.496 e. The van der Waals surface area contributed by atoms with E-state index in [4.69, 9.17) is 4.74 Å². The molecule has 0 amide bonds. The highest BCUT2D eigenvalue weighted by Gasteiger charge is 2.05. The van der Waals surface area contributed by atoms with Gasteiger partial charge in [0.1, 0.15) is 5.75 Å². The standard InChI is InChI=1S/C16H18BrNO/c1-12(10-13-6-4-3-5-7-13)18-14-8-9-16(19-2)15(17)11-14/h3-9,11-12,18H,10H2,1-2H3. The zero-order valence-electron chi connectivity index (χ0n) is 11.2. The smallest absolute Gasteiger partial charge is 0.133 e. The molecule has 1 atom stereocenters. The first-order valence-electron chi connectivity index (χ1n) is 6.33. The van der Waals surface area contributed by atoms with Gasteiger partial charge in [-0.15, -0.1) is 0 Å². The van der Waals surface area contributed by atoms with Gasteiger partial charge in [-0.2, -0.15) is 0 Å². The van der Waals surface area contributed by atoms with E-state index in [1.807, 2.05) is 24.3 Å². The molecule has 0 aliphatic rings. The number of benzene rings is 2. The third kappa shape index (κ3) is 4.00. The summed E-state index contributed by atoms with van der Waals surface area (Å²) >= 11 is 3.50. The Labute approximate surface area is 122 Å². The second kappa shape index (κ2) is 6.62. The summed E-state index contributed by atoms with van der Waals surface area (Å²) in [6.07, 6.45) is 1.00. The highest BCUT2D eigenvalue weighted by molar-refractivity contribution is 9.10. The van der Waals surface area contributed by atoms with E-state index in [9.17, 15) is 0 Å². The van der Waals surface area contributed by atoms with Crippen molar-refractivity contribution < 1.29 is 4.74 Å². The SMILES string of the molecule is COc1ccc(NC(C)Cc2ccccc2)cc1Br. The minimum absolute atomic E-state index is 0.377. The first-order valence-corrected chi connectivity index (χ1v) is 7.12. The molecule has 2 aromatic carbocycles. The normalized spacial score (nSPS) is 11.9. The molecule has 2 rings (SSSR count). The van der Waals surface area contributed by atoms with Crippen LogP contribution in [0.15, 0.2) is 53.0 Å². The van der Waals surface area contributed by atoms with Gasteiger partial charge in [-0.1, -0.05) is 30.3 Å². The summed E-state index contributed by atoms with van der Waals surface area (Å²) in [6, 6.07) is 16.9. The van der Waals surface area contributed by atoms with E-state index in [0.29, 0.717) is 6.04 Å². The monoisotopic (exact) mass is 319 g/mol. The molecule has 19 heavy (non-hydrogen) atoms. The van der Waals surface area contributed by atoms with Gasteiger partial charge in [0.2, 0.25) is 0 Å². The van der Waals surface area contributed by atoms with Crippen LogP contribution in [0.25, 0.3) is 0 Å². The van der Waals surface area contributed by atoms with Crippen LogP contribution in [0.1, 0.15) is 12.5 Å². The zero-order chi connectivity index (χ0) is 13.7. The summed E-state index contributed by atoms with van der Waals surface area (Å²) in [5.41, 5.74) is 2.44. The molecule has 0 aromatic heterocycles. The Hall–Kier alpha value is -1.48. The van der Waals surface area contributed by atoms with E-state index in [0.717, 1.165) is 22.3 Å². The van der Waals surface area contributed by atoms with Gasteiger partial charge in [0, 0.05) is 11.7 Å². The molecule has 0 saturated carbocycles. The maximum absolute atomic E-state index is 5.23. The number of halogens is 1. The van der Waals surface area contributed by atoms with Crippen LogP contribution in [0.5, 0.6) is 5.75 Å². The Kier molecular flexibility index (Phi) is 4.86. The first kappa shape index (κ1) is 13.9. The van der Waals surface area contributed by atoms with Crippen LogP contribution < -0.4 is 10.1 Å². The van der Waals surface area contributed by atoms with Gasteiger partial charge in [0.05, 0.1) is 11.6 Å². The minimum atomic E-state index is 0.377. The van der Waals surface area contributed by atoms with Crippen molar-refractivity contribution in [3.8, 4) is 5.75 Å². The van der Waals surface area contributed by atoms with Gasteiger partial charge < -0.3 is 10.1 Å². The van der Waals surface area contributed by atoms with Gasteiger partial charge in [0.25, 0.3) is 0 Å². The molecular weight excluding hydrogens is 302 g/mol. The number of ether oxygens (including phenoxy) is 1. The van der Waals surface area contributed by atoms with Gasteiger partial charge >= 0.3 is 0 Å². The molecule has 3 heteroatoms. The highest BCUT2D eigenvalue weighted by atomic mass is 79.9. The quantitative estimate of drug-likeness (QED) is 0.876. The van der Waals surface area contributed by atoms with Crippen LogP contribution in [-0.2, 0) is 6.42 Å². The molecule has 0 heterocycles. The number of methoxy groups -OCH3 is 1. The second-order valence-corrected chi connectivity index (χ2v) is 5.44. The molecule has 2 nitrogen and oxygen atoms in total. The van der Waals surface area contributed by atoms with Crippen molar-refractivity contribution in [1.29, 1.82) is 0 Å². The van der Waals surface area contributed by atoms with E-state index in [2.05, 4.69) is 52.4 Å². The summed E-state index contributed by atoms with van der Waals surface area (Å²) in [4.78, 5) is 0. The van der Waals surface area contributed by atoms with Crippen LogP contribution in [0.2, 0.25) is 0 Å². The number of anilines is 1. The predicted octanol–water partition coefficient (Wildman–Crippen LogP) is 4.50. The summed E-state index contributed by atoms with van der Waals surface area (Å²) < 4.78 is 6.19. The van der Waals surface area contributed by atoms with Crippen LogP contribution in [-0.4, -0.2) is 13.2 Å². The van der Waals surface area contributed by atoms with Crippen LogP contribution in [0, 0.1) is 0 Å². The maximum atomic E-state index is 5.23. The Balaban J connectivity index is 1.99. The molecule has 0 aliphatic heterocycles. The number of hydrogen-bond acceptors (Lipinski definition) is 2. The molecule has 1 unspecified atom stereocenters. The van der Waals surface area contributed by atoms with E-state index < -0.39 is 0 Å². The molecular formula is C16H18BrNO. The maximum Gasteiger partial charge on any atom is 0.133 e. The van der Waals surface area contributed by atoms with Crippen LogP contribution in [0.3, 0.4) is 0 Å². The molecule has 0 bridgehead atoms. The van der Waals surface area contributed by atoms with Gasteiger partial charge in [-0.05, 0) is 53.0 Å². The fraction of sp³-hybridized carbons (Fsp3) is 0.250. The lowest BCUT2D eigenvalue weighted by molar-refractivity contribution is 0.412. The van der Waals surface area contributed by atoms with Crippen molar-refractivity contribution in [2.45, 2.75) is 19.4 Å². The second-order valence-electron chi connectivity index (χ2n) is 4.58. The fourth-order valence-electron chi connectivity index (χ4n) is 2.06. The zero-order valence-corrected chi connectivity index (χ0v) is 12.8. The lowest BCUT2D eigenvalue weighted by Crippen LogP contribution is -2.17. The summed E-state index contributed by atoms with van der Waals surface area (Å²) in [6.45, 7) is 2.19.